The highest BCUT2D eigenvalue weighted by Crippen LogP contribution is 2.19. The molecule has 0 bridgehead atoms. The van der Waals surface area contributed by atoms with E-state index in [9.17, 15) is 0 Å². The van der Waals surface area contributed by atoms with Gasteiger partial charge in [0.05, 0.1) is 38.6 Å². The predicted octanol–water partition coefficient (Wildman–Crippen LogP) is 5.86. The molecule has 0 fully saturated rings. The van der Waals surface area contributed by atoms with Gasteiger partial charge >= 0.3 is 0 Å². The van der Waals surface area contributed by atoms with Gasteiger partial charge in [0, 0.05) is 0 Å². The van der Waals surface area contributed by atoms with Crippen LogP contribution in [-0.2, 0) is 31.5 Å². The molecule has 0 radical (unpaired) electrons. The summed E-state index contributed by atoms with van der Waals surface area (Å²) >= 11 is 0. The highest BCUT2D eigenvalue weighted by atomic mass is 28.4. The Hall–Kier alpha value is -1.29. The van der Waals surface area contributed by atoms with Crippen LogP contribution in [0.2, 0.25) is 39.3 Å². The SMILES string of the molecule is C[Si](C)(C)O[C@@H](COCc1ccccc1)[C@H](COCc1ccccc1)O[Si](C)(C)C. The molecule has 2 atom stereocenters. The van der Waals surface area contributed by atoms with Gasteiger partial charge in [0.1, 0.15) is 0 Å². The highest BCUT2D eigenvalue weighted by Gasteiger charge is 2.32. The lowest BCUT2D eigenvalue weighted by atomic mass is 10.2. The van der Waals surface area contributed by atoms with Crippen LogP contribution < -0.4 is 0 Å². The first kappa shape index (κ1) is 25.0. The maximum Gasteiger partial charge on any atom is 0.184 e. The molecule has 0 heterocycles. The van der Waals surface area contributed by atoms with Crippen molar-refractivity contribution in [3.63, 3.8) is 0 Å². The van der Waals surface area contributed by atoms with Crippen molar-refractivity contribution in [2.45, 2.75) is 64.7 Å². The maximum atomic E-state index is 6.52. The molecule has 0 unspecified atom stereocenters. The molecule has 2 aromatic rings. The normalized spacial score (nSPS) is 14.5. The van der Waals surface area contributed by atoms with E-state index >= 15 is 0 Å². The van der Waals surface area contributed by atoms with Gasteiger partial charge in [-0.15, -0.1) is 0 Å². The topological polar surface area (TPSA) is 36.9 Å². The van der Waals surface area contributed by atoms with Gasteiger partial charge in [-0.25, -0.2) is 0 Å². The molecule has 0 N–H and O–H groups in total. The Morgan fingerprint density at radius 3 is 1.20 bits per heavy atom. The number of ether oxygens (including phenoxy) is 2. The molecule has 0 amide bonds. The zero-order valence-electron chi connectivity index (χ0n) is 19.4. The summed E-state index contributed by atoms with van der Waals surface area (Å²) in [5.41, 5.74) is 2.32. The van der Waals surface area contributed by atoms with E-state index in [0.717, 1.165) is 11.1 Å². The molecular weight excluding hydrogens is 408 g/mol. The molecule has 0 aromatic heterocycles. The third kappa shape index (κ3) is 10.7. The predicted molar refractivity (Wildman–Crippen MR) is 129 cm³/mol. The van der Waals surface area contributed by atoms with Crippen LogP contribution in [0.3, 0.4) is 0 Å². The summed E-state index contributed by atoms with van der Waals surface area (Å²) in [7, 11) is -3.58. The van der Waals surface area contributed by atoms with Crippen LogP contribution in [-0.4, -0.2) is 42.1 Å². The second-order valence-corrected chi connectivity index (χ2v) is 18.5. The first-order valence-electron chi connectivity index (χ1n) is 10.7. The minimum absolute atomic E-state index is 0.150. The lowest BCUT2D eigenvalue weighted by molar-refractivity contribution is -0.0606. The summed E-state index contributed by atoms with van der Waals surface area (Å²) in [6.07, 6.45) is -0.300. The van der Waals surface area contributed by atoms with Gasteiger partial charge in [-0.3, -0.25) is 0 Å². The van der Waals surface area contributed by atoms with Gasteiger partial charge in [-0.2, -0.15) is 0 Å². The van der Waals surface area contributed by atoms with Crippen molar-refractivity contribution < 1.29 is 18.3 Å². The fourth-order valence-electron chi connectivity index (χ4n) is 3.08. The minimum Gasteiger partial charge on any atom is -0.410 e. The fourth-order valence-corrected chi connectivity index (χ4v) is 5.33. The summed E-state index contributed by atoms with van der Waals surface area (Å²) in [5, 5.41) is 0. The number of hydrogen-bond donors (Lipinski definition) is 0. The van der Waals surface area contributed by atoms with E-state index in [2.05, 4.69) is 63.5 Å². The van der Waals surface area contributed by atoms with E-state index in [0.29, 0.717) is 26.4 Å². The van der Waals surface area contributed by atoms with E-state index in [1.807, 2.05) is 36.4 Å². The Kier molecular flexibility index (Phi) is 9.93. The monoisotopic (exact) mass is 446 g/mol. The van der Waals surface area contributed by atoms with E-state index in [4.69, 9.17) is 18.3 Å². The Bertz CT molecular complexity index is 648. The largest absolute Gasteiger partial charge is 0.410 e. The Morgan fingerprint density at radius 2 is 0.900 bits per heavy atom. The summed E-state index contributed by atoms with van der Waals surface area (Å²) in [6, 6.07) is 20.5. The van der Waals surface area contributed by atoms with Crippen molar-refractivity contribution in [2.24, 2.45) is 0 Å². The van der Waals surface area contributed by atoms with Crippen LogP contribution in [0.1, 0.15) is 11.1 Å². The van der Waals surface area contributed by atoms with Crippen molar-refractivity contribution >= 4 is 16.6 Å². The number of hydrogen-bond acceptors (Lipinski definition) is 4. The van der Waals surface area contributed by atoms with E-state index < -0.39 is 16.6 Å². The van der Waals surface area contributed by atoms with Crippen molar-refractivity contribution in [1.29, 1.82) is 0 Å². The van der Waals surface area contributed by atoms with Crippen molar-refractivity contribution in [2.75, 3.05) is 13.2 Å². The van der Waals surface area contributed by atoms with Crippen LogP contribution in [0.4, 0.5) is 0 Å². The standard InChI is InChI=1S/C24H38O4Si2/c1-29(2,3)27-23(19-25-17-21-13-9-7-10-14-21)24(28-30(4,5)6)20-26-18-22-15-11-8-12-16-22/h7-16,23-24H,17-20H2,1-6H3/t23-,24-/m0/s1. The molecule has 4 nitrogen and oxygen atoms in total. The number of rotatable bonds is 13. The Morgan fingerprint density at radius 1 is 0.567 bits per heavy atom. The number of benzene rings is 2. The molecular formula is C24H38O4Si2. The zero-order valence-corrected chi connectivity index (χ0v) is 21.4. The molecule has 0 saturated heterocycles. The molecule has 0 aliphatic rings. The van der Waals surface area contributed by atoms with E-state index in [1.54, 1.807) is 0 Å². The molecule has 0 saturated carbocycles. The highest BCUT2D eigenvalue weighted by molar-refractivity contribution is 6.70. The Labute approximate surface area is 184 Å². The average molecular weight is 447 g/mol. The van der Waals surface area contributed by atoms with Gasteiger partial charge < -0.3 is 18.3 Å². The molecule has 30 heavy (non-hydrogen) atoms. The molecule has 0 spiro atoms. The van der Waals surface area contributed by atoms with Crippen LogP contribution in [0, 0.1) is 0 Å². The van der Waals surface area contributed by atoms with Crippen LogP contribution in [0.15, 0.2) is 60.7 Å². The fraction of sp³-hybridized carbons (Fsp3) is 0.500. The summed E-state index contributed by atoms with van der Waals surface area (Å²) in [5.74, 6) is 0. The van der Waals surface area contributed by atoms with Gasteiger partial charge in [0.25, 0.3) is 0 Å². The van der Waals surface area contributed by atoms with Gasteiger partial charge in [-0.1, -0.05) is 60.7 Å². The second kappa shape index (κ2) is 11.9. The van der Waals surface area contributed by atoms with Crippen molar-refractivity contribution in [1.82, 2.24) is 0 Å². The Balaban J connectivity index is 2.03. The van der Waals surface area contributed by atoms with Gasteiger partial charge in [-0.05, 0) is 50.4 Å². The quantitative estimate of drug-likeness (QED) is 0.361. The third-order valence-corrected chi connectivity index (χ3v) is 6.23. The summed E-state index contributed by atoms with van der Waals surface area (Å²) in [6.45, 7) is 15.3. The molecule has 0 aliphatic heterocycles. The molecule has 6 heteroatoms. The summed E-state index contributed by atoms with van der Waals surface area (Å²) in [4.78, 5) is 0. The minimum atomic E-state index is -1.79. The summed E-state index contributed by atoms with van der Waals surface area (Å²) < 4.78 is 25.2. The first-order valence-corrected chi connectivity index (χ1v) is 17.5. The molecule has 2 rings (SSSR count). The van der Waals surface area contributed by atoms with Crippen molar-refractivity contribution in [3.8, 4) is 0 Å². The lowest BCUT2D eigenvalue weighted by Crippen LogP contribution is -2.48. The van der Waals surface area contributed by atoms with Crippen LogP contribution in [0.5, 0.6) is 0 Å². The molecule has 2 aromatic carbocycles. The van der Waals surface area contributed by atoms with Gasteiger partial charge in [0.2, 0.25) is 0 Å². The molecule has 166 valence electrons. The average Bonchev–Trinajstić information content (AvgIpc) is 2.66. The van der Waals surface area contributed by atoms with Crippen molar-refractivity contribution in [3.05, 3.63) is 71.8 Å². The van der Waals surface area contributed by atoms with Crippen LogP contribution in [0.25, 0.3) is 0 Å². The molecule has 0 aliphatic carbocycles. The second-order valence-electron chi connectivity index (χ2n) is 9.54. The van der Waals surface area contributed by atoms with Crippen LogP contribution >= 0.6 is 0 Å². The third-order valence-electron chi connectivity index (χ3n) is 4.21. The smallest absolute Gasteiger partial charge is 0.184 e. The van der Waals surface area contributed by atoms with E-state index in [1.165, 1.54) is 0 Å². The maximum absolute atomic E-state index is 6.52. The van der Waals surface area contributed by atoms with E-state index in [-0.39, 0.29) is 12.2 Å². The lowest BCUT2D eigenvalue weighted by Gasteiger charge is -2.36. The zero-order chi connectivity index (χ0) is 22.0. The first-order chi connectivity index (χ1) is 14.1. The van der Waals surface area contributed by atoms with Gasteiger partial charge in [0.15, 0.2) is 16.6 Å².